The molecule has 0 spiro atoms. The van der Waals surface area contributed by atoms with Crippen LogP contribution in [-0.4, -0.2) is 60.3 Å². The lowest BCUT2D eigenvalue weighted by Gasteiger charge is -2.35. The van der Waals surface area contributed by atoms with Crippen molar-refractivity contribution < 1.29 is 18.9 Å². The molecule has 1 fully saturated rings. The van der Waals surface area contributed by atoms with E-state index in [9.17, 15) is 4.79 Å². The van der Waals surface area contributed by atoms with Crippen LogP contribution in [0.15, 0.2) is 17.2 Å². The smallest absolute Gasteiger partial charge is 0.274 e. The van der Waals surface area contributed by atoms with Gasteiger partial charge in [0.1, 0.15) is 37.5 Å². The summed E-state index contributed by atoms with van der Waals surface area (Å²) in [7, 11) is 6.18. The van der Waals surface area contributed by atoms with E-state index in [1.165, 1.54) is 10.8 Å². The summed E-state index contributed by atoms with van der Waals surface area (Å²) >= 11 is 0. The Morgan fingerprint density at radius 3 is 2.47 bits per heavy atom. The minimum absolute atomic E-state index is 0.292. The first kappa shape index (κ1) is 25.0. The lowest BCUT2D eigenvalue weighted by atomic mass is 9.90. The molecule has 1 saturated heterocycles. The van der Waals surface area contributed by atoms with Gasteiger partial charge in [0.2, 0.25) is 0 Å². The van der Waals surface area contributed by atoms with Gasteiger partial charge in [0.05, 0.1) is 5.69 Å². The van der Waals surface area contributed by atoms with Crippen LogP contribution in [0.1, 0.15) is 78.0 Å². The Morgan fingerprint density at radius 1 is 1.12 bits per heavy atom. The average molecular weight is 445 g/mol. The number of nitrogens with one attached hydrogen (secondary N) is 1. The van der Waals surface area contributed by atoms with Gasteiger partial charge in [-0.2, -0.15) is 5.10 Å². The number of rotatable bonds is 13. The van der Waals surface area contributed by atoms with E-state index in [1.54, 1.807) is 6.07 Å². The van der Waals surface area contributed by atoms with Crippen LogP contribution < -0.4 is 11.0 Å². The van der Waals surface area contributed by atoms with Crippen molar-refractivity contribution in [1.29, 1.82) is 0 Å². The maximum absolute atomic E-state index is 12.4. The second-order valence-corrected chi connectivity index (χ2v) is 8.54. The van der Waals surface area contributed by atoms with Crippen LogP contribution in [-0.2, 0) is 18.9 Å². The van der Waals surface area contributed by atoms with E-state index in [0.717, 1.165) is 38.5 Å². The maximum Gasteiger partial charge on any atom is 0.274 e. The quantitative estimate of drug-likeness (QED) is 0.377. The predicted octanol–water partition coefficient (Wildman–Crippen LogP) is 2.79. The zero-order valence-corrected chi connectivity index (χ0v) is 19.8. The van der Waals surface area contributed by atoms with Gasteiger partial charge in [-0.05, 0) is 32.3 Å². The SMILES string of the molecule is [B]c1cc([C@@H]2OC(OCCCC)[C@@H](OCCCC)[C@@]2(C)OCCCC)n2nc[nH]c(=O)c12. The van der Waals surface area contributed by atoms with Gasteiger partial charge >= 0.3 is 0 Å². The highest BCUT2D eigenvalue weighted by atomic mass is 16.7. The van der Waals surface area contributed by atoms with E-state index in [4.69, 9.17) is 26.8 Å². The minimum Gasteiger partial charge on any atom is -0.370 e. The summed E-state index contributed by atoms with van der Waals surface area (Å²) in [6.45, 7) is 10.1. The average Bonchev–Trinajstić information content (AvgIpc) is 3.24. The summed E-state index contributed by atoms with van der Waals surface area (Å²) in [5.41, 5.74) is 0.133. The molecule has 3 rings (SSSR count). The van der Waals surface area contributed by atoms with Crippen molar-refractivity contribution in [2.75, 3.05) is 19.8 Å². The lowest BCUT2D eigenvalue weighted by molar-refractivity contribution is -0.184. The Bertz CT molecular complexity index is 917. The monoisotopic (exact) mass is 445 g/mol. The number of nitrogens with zero attached hydrogens (tertiary/aromatic N) is 2. The molecule has 0 aromatic carbocycles. The summed E-state index contributed by atoms with van der Waals surface area (Å²) in [4.78, 5) is 14.9. The molecule has 1 unspecified atom stereocenters. The number of fused-ring (bicyclic) bond motifs is 1. The standard InChI is InChI=1S/C23H36BN3O5/c1-5-8-11-29-20-22(30-12-9-6-2)32-19(23(20,4)31-13-10-7-3)17-14-16(24)18-21(28)25-15-26-27(17)18/h14-15,19-20,22H,5-13H2,1-4H3,(H,25,26,28)/t19-,20+,22?,23-/m0/s1. The second-order valence-electron chi connectivity index (χ2n) is 8.54. The van der Waals surface area contributed by atoms with Gasteiger partial charge in [-0.1, -0.05) is 45.5 Å². The first-order valence-corrected chi connectivity index (χ1v) is 11.8. The van der Waals surface area contributed by atoms with Crippen LogP contribution in [0, 0.1) is 0 Å². The molecule has 9 heteroatoms. The van der Waals surface area contributed by atoms with E-state index in [0.29, 0.717) is 36.5 Å². The molecular formula is C23H36BN3O5. The van der Waals surface area contributed by atoms with Crippen molar-refractivity contribution in [2.24, 2.45) is 0 Å². The van der Waals surface area contributed by atoms with Gasteiger partial charge in [0.15, 0.2) is 6.29 Å². The number of hydrogen-bond acceptors (Lipinski definition) is 6. The lowest BCUT2D eigenvalue weighted by Crippen LogP contribution is -2.47. The van der Waals surface area contributed by atoms with E-state index in [2.05, 4.69) is 30.9 Å². The molecule has 8 nitrogen and oxygen atoms in total. The van der Waals surface area contributed by atoms with Gasteiger partial charge in [0, 0.05) is 19.8 Å². The Hall–Kier alpha value is -1.68. The van der Waals surface area contributed by atoms with Crippen LogP contribution in [0.3, 0.4) is 0 Å². The van der Waals surface area contributed by atoms with Crippen molar-refractivity contribution in [3.8, 4) is 0 Å². The number of aromatic amines is 1. The number of unbranched alkanes of at least 4 members (excludes halogenated alkanes) is 3. The first-order valence-electron chi connectivity index (χ1n) is 11.8. The Balaban J connectivity index is 2.01. The first-order chi connectivity index (χ1) is 15.5. The zero-order chi connectivity index (χ0) is 23.1. The molecular weight excluding hydrogens is 409 g/mol. The fraction of sp³-hybridized carbons (Fsp3) is 0.739. The molecule has 4 atom stereocenters. The van der Waals surface area contributed by atoms with Crippen LogP contribution in [0.2, 0.25) is 0 Å². The third-order valence-corrected chi connectivity index (χ3v) is 5.97. The van der Waals surface area contributed by atoms with E-state index < -0.39 is 24.1 Å². The van der Waals surface area contributed by atoms with Gasteiger partial charge in [-0.25, -0.2) is 4.52 Å². The van der Waals surface area contributed by atoms with Gasteiger partial charge in [0.25, 0.3) is 5.56 Å². The molecule has 1 aliphatic heterocycles. The Labute approximate surface area is 191 Å². The molecule has 1 aliphatic rings. The molecule has 1 N–H and O–H groups in total. The van der Waals surface area contributed by atoms with Crippen molar-refractivity contribution in [1.82, 2.24) is 14.6 Å². The summed E-state index contributed by atoms with van der Waals surface area (Å²) in [6.07, 6.45) is 5.60. The summed E-state index contributed by atoms with van der Waals surface area (Å²) < 4.78 is 26.9. The topological polar surface area (TPSA) is 87.1 Å². The van der Waals surface area contributed by atoms with Gasteiger partial charge < -0.3 is 23.9 Å². The van der Waals surface area contributed by atoms with Gasteiger partial charge in [-0.3, -0.25) is 4.79 Å². The maximum atomic E-state index is 12.4. The van der Waals surface area contributed by atoms with E-state index in [1.807, 2.05) is 6.92 Å². The highest BCUT2D eigenvalue weighted by Gasteiger charge is 2.57. The fourth-order valence-electron chi connectivity index (χ4n) is 4.08. The largest absolute Gasteiger partial charge is 0.370 e. The van der Waals surface area contributed by atoms with Crippen molar-refractivity contribution >= 4 is 18.8 Å². The van der Waals surface area contributed by atoms with Crippen molar-refractivity contribution in [3.63, 3.8) is 0 Å². The molecule has 2 radical (unpaired) electrons. The highest BCUT2D eigenvalue weighted by Crippen LogP contribution is 2.46. The molecule has 0 amide bonds. The molecule has 2 aromatic rings. The van der Waals surface area contributed by atoms with Crippen LogP contribution in [0.5, 0.6) is 0 Å². The van der Waals surface area contributed by atoms with Crippen LogP contribution >= 0.6 is 0 Å². The Morgan fingerprint density at radius 2 is 1.78 bits per heavy atom. The van der Waals surface area contributed by atoms with Crippen molar-refractivity contribution in [2.45, 2.75) is 90.3 Å². The second kappa shape index (κ2) is 11.5. The summed E-state index contributed by atoms with van der Waals surface area (Å²) in [5.74, 6) is 0. The minimum atomic E-state index is -0.842. The van der Waals surface area contributed by atoms with E-state index in [-0.39, 0.29) is 5.56 Å². The van der Waals surface area contributed by atoms with Crippen LogP contribution in [0.25, 0.3) is 5.52 Å². The normalized spacial score (nSPS) is 25.7. The number of H-pyrrole nitrogens is 1. The fourth-order valence-corrected chi connectivity index (χ4v) is 4.08. The summed E-state index contributed by atoms with van der Waals surface area (Å²) in [6, 6.07) is 1.74. The number of hydrogen-bond donors (Lipinski definition) is 1. The van der Waals surface area contributed by atoms with Gasteiger partial charge in [-0.15, -0.1) is 0 Å². The molecule has 3 heterocycles. The van der Waals surface area contributed by atoms with E-state index >= 15 is 0 Å². The third kappa shape index (κ3) is 5.11. The highest BCUT2D eigenvalue weighted by molar-refractivity contribution is 6.36. The number of ether oxygens (including phenoxy) is 4. The molecule has 2 aromatic heterocycles. The Kier molecular flexibility index (Phi) is 8.93. The zero-order valence-electron chi connectivity index (χ0n) is 19.8. The molecule has 32 heavy (non-hydrogen) atoms. The van der Waals surface area contributed by atoms with Crippen molar-refractivity contribution in [3.05, 3.63) is 28.4 Å². The molecule has 0 aliphatic carbocycles. The molecule has 176 valence electrons. The third-order valence-electron chi connectivity index (χ3n) is 5.97. The molecule has 0 bridgehead atoms. The predicted molar refractivity (Wildman–Crippen MR) is 124 cm³/mol. The molecule has 0 saturated carbocycles. The van der Waals surface area contributed by atoms with Crippen LogP contribution in [0.4, 0.5) is 0 Å². The number of aromatic nitrogens is 3. The summed E-state index contributed by atoms with van der Waals surface area (Å²) in [5, 5.41) is 4.33.